The summed E-state index contributed by atoms with van der Waals surface area (Å²) in [5, 5.41) is 0. The van der Waals surface area contributed by atoms with E-state index in [0.717, 1.165) is 23.4 Å². The minimum Gasteiger partial charge on any atom is -0.493 e. The minimum absolute atomic E-state index is 0.0234. The third-order valence-electron chi connectivity index (χ3n) is 3.00. The zero-order chi connectivity index (χ0) is 13.7. The Labute approximate surface area is 114 Å². The van der Waals surface area contributed by atoms with Crippen LogP contribution in [-0.4, -0.2) is 11.6 Å². The Hall–Kier alpha value is -1.87. The molecule has 19 heavy (non-hydrogen) atoms. The van der Waals surface area contributed by atoms with Gasteiger partial charge >= 0.3 is 0 Å². The van der Waals surface area contributed by atoms with Crippen LogP contribution in [0.3, 0.4) is 0 Å². The number of hydrogen-bond donors (Lipinski definition) is 1. The molecule has 3 heteroatoms. The van der Waals surface area contributed by atoms with Gasteiger partial charge in [0, 0.05) is 29.9 Å². The Morgan fingerprint density at radius 2 is 2.11 bits per heavy atom. The first kappa shape index (κ1) is 13.6. The molecule has 0 fully saturated rings. The van der Waals surface area contributed by atoms with Crippen LogP contribution < -0.4 is 10.5 Å². The number of aromatic nitrogens is 1. The van der Waals surface area contributed by atoms with Crippen LogP contribution >= 0.6 is 0 Å². The monoisotopic (exact) mass is 256 g/mol. The summed E-state index contributed by atoms with van der Waals surface area (Å²) in [6.07, 6.45) is 2.60. The van der Waals surface area contributed by atoms with Gasteiger partial charge in [0.15, 0.2) is 0 Å². The average molecular weight is 256 g/mol. The van der Waals surface area contributed by atoms with Gasteiger partial charge in [-0.2, -0.15) is 0 Å². The van der Waals surface area contributed by atoms with Crippen LogP contribution in [0.15, 0.2) is 42.6 Å². The lowest BCUT2D eigenvalue weighted by Crippen LogP contribution is -2.10. The van der Waals surface area contributed by atoms with E-state index in [9.17, 15) is 0 Å². The van der Waals surface area contributed by atoms with Gasteiger partial charge in [-0.25, -0.2) is 0 Å². The van der Waals surface area contributed by atoms with Gasteiger partial charge in [0.25, 0.3) is 0 Å². The summed E-state index contributed by atoms with van der Waals surface area (Å²) in [5.41, 5.74) is 9.27. The normalized spacial score (nSPS) is 12.2. The molecular weight excluding hydrogens is 236 g/mol. The van der Waals surface area contributed by atoms with Crippen molar-refractivity contribution in [3.63, 3.8) is 0 Å². The van der Waals surface area contributed by atoms with Crippen LogP contribution in [0.4, 0.5) is 0 Å². The summed E-state index contributed by atoms with van der Waals surface area (Å²) in [6, 6.07) is 12.0. The number of nitrogens with zero attached hydrogens (tertiary/aromatic N) is 1. The van der Waals surface area contributed by atoms with Gasteiger partial charge in [0.1, 0.15) is 5.75 Å². The Morgan fingerprint density at radius 1 is 1.26 bits per heavy atom. The van der Waals surface area contributed by atoms with E-state index in [1.54, 1.807) is 6.20 Å². The molecule has 100 valence electrons. The molecule has 0 aliphatic heterocycles. The summed E-state index contributed by atoms with van der Waals surface area (Å²) < 4.78 is 5.84. The van der Waals surface area contributed by atoms with Gasteiger partial charge < -0.3 is 10.5 Å². The van der Waals surface area contributed by atoms with Crippen LogP contribution in [0.25, 0.3) is 0 Å². The highest BCUT2D eigenvalue weighted by Gasteiger charge is 2.08. The first-order chi connectivity index (χ1) is 9.16. The Bertz CT molecular complexity index is 524. The zero-order valence-electron chi connectivity index (χ0n) is 11.5. The Morgan fingerprint density at radius 3 is 2.79 bits per heavy atom. The second-order valence-electron chi connectivity index (χ2n) is 4.75. The van der Waals surface area contributed by atoms with E-state index in [4.69, 9.17) is 10.5 Å². The highest BCUT2D eigenvalue weighted by Crippen LogP contribution is 2.25. The number of ether oxygens (including phenoxy) is 1. The number of pyridine rings is 1. The summed E-state index contributed by atoms with van der Waals surface area (Å²) >= 11 is 0. The third kappa shape index (κ3) is 3.80. The molecule has 0 aliphatic rings. The Kier molecular flexibility index (Phi) is 4.53. The van der Waals surface area contributed by atoms with Gasteiger partial charge in [-0.3, -0.25) is 4.98 Å². The number of aryl methyl sites for hydroxylation is 1. The molecule has 0 unspecified atom stereocenters. The number of hydrogen-bond acceptors (Lipinski definition) is 3. The largest absolute Gasteiger partial charge is 0.493 e. The quantitative estimate of drug-likeness (QED) is 0.894. The molecular formula is C16H20N2O. The second kappa shape index (κ2) is 6.34. The van der Waals surface area contributed by atoms with E-state index in [1.165, 1.54) is 5.56 Å². The molecule has 0 bridgehead atoms. The zero-order valence-corrected chi connectivity index (χ0v) is 11.5. The number of rotatable bonds is 5. The molecule has 0 spiro atoms. The summed E-state index contributed by atoms with van der Waals surface area (Å²) in [4.78, 5) is 4.28. The SMILES string of the molecule is Cc1ccc(OCCc2ccccn2)c([C@H](C)N)c1. The van der Waals surface area contributed by atoms with E-state index >= 15 is 0 Å². The molecule has 0 saturated carbocycles. The molecule has 1 aromatic carbocycles. The lowest BCUT2D eigenvalue weighted by Gasteiger charge is -2.14. The Balaban J connectivity index is 2.00. The van der Waals surface area contributed by atoms with Crippen molar-refractivity contribution in [2.75, 3.05) is 6.61 Å². The highest BCUT2D eigenvalue weighted by molar-refractivity contribution is 5.38. The molecule has 1 atom stereocenters. The number of benzene rings is 1. The highest BCUT2D eigenvalue weighted by atomic mass is 16.5. The molecule has 0 saturated heterocycles. The molecule has 2 rings (SSSR count). The molecule has 1 aromatic heterocycles. The van der Waals surface area contributed by atoms with Crippen LogP contribution in [-0.2, 0) is 6.42 Å². The van der Waals surface area contributed by atoms with Crippen molar-refractivity contribution in [2.24, 2.45) is 5.73 Å². The summed E-state index contributed by atoms with van der Waals surface area (Å²) in [6.45, 7) is 4.64. The van der Waals surface area contributed by atoms with Gasteiger partial charge in [-0.15, -0.1) is 0 Å². The fraction of sp³-hybridized carbons (Fsp3) is 0.312. The van der Waals surface area contributed by atoms with Crippen LogP contribution in [0.2, 0.25) is 0 Å². The topological polar surface area (TPSA) is 48.1 Å². The van der Waals surface area contributed by atoms with Crippen molar-refractivity contribution >= 4 is 0 Å². The smallest absolute Gasteiger partial charge is 0.124 e. The third-order valence-corrected chi connectivity index (χ3v) is 3.00. The lowest BCUT2D eigenvalue weighted by molar-refractivity contribution is 0.315. The van der Waals surface area contributed by atoms with E-state index in [2.05, 4.69) is 18.0 Å². The second-order valence-corrected chi connectivity index (χ2v) is 4.75. The van der Waals surface area contributed by atoms with Crippen molar-refractivity contribution < 1.29 is 4.74 Å². The van der Waals surface area contributed by atoms with Crippen molar-refractivity contribution in [3.05, 3.63) is 59.4 Å². The first-order valence-corrected chi connectivity index (χ1v) is 6.55. The summed E-state index contributed by atoms with van der Waals surface area (Å²) in [5.74, 6) is 0.872. The molecule has 2 aromatic rings. The number of nitrogens with two attached hydrogens (primary N) is 1. The van der Waals surface area contributed by atoms with Crippen molar-refractivity contribution in [1.82, 2.24) is 4.98 Å². The predicted octanol–water partition coefficient (Wildman–Crippen LogP) is 3.03. The van der Waals surface area contributed by atoms with E-state index in [1.807, 2.05) is 37.3 Å². The van der Waals surface area contributed by atoms with Crippen LogP contribution in [0, 0.1) is 6.92 Å². The molecule has 0 amide bonds. The summed E-state index contributed by atoms with van der Waals surface area (Å²) in [7, 11) is 0. The first-order valence-electron chi connectivity index (χ1n) is 6.55. The van der Waals surface area contributed by atoms with Gasteiger partial charge in [-0.1, -0.05) is 23.8 Å². The predicted molar refractivity (Wildman–Crippen MR) is 77.2 cm³/mol. The molecule has 3 nitrogen and oxygen atoms in total. The standard InChI is InChI=1S/C16H20N2O/c1-12-6-7-16(15(11-12)13(2)17)19-10-8-14-5-3-4-9-18-14/h3-7,9,11,13H,8,10,17H2,1-2H3/t13-/m0/s1. The van der Waals surface area contributed by atoms with E-state index in [-0.39, 0.29) is 6.04 Å². The van der Waals surface area contributed by atoms with Crippen LogP contribution in [0.1, 0.15) is 29.8 Å². The maximum atomic E-state index is 5.97. The fourth-order valence-corrected chi connectivity index (χ4v) is 1.97. The molecule has 2 N–H and O–H groups in total. The van der Waals surface area contributed by atoms with Crippen molar-refractivity contribution in [3.8, 4) is 5.75 Å². The van der Waals surface area contributed by atoms with Gasteiger partial charge in [0.05, 0.1) is 6.61 Å². The lowest BCUT2D eigenvalue weighted by atomic mass is 10.1. The molecule has 1 heterocycles. The van der Waals surface area contributed by atoms with Gasteiger partial charge in [0.2, 0.25) is 0 Å². The fourth-order valence-electron chi connectivity index (χ4n) is 1.97. The van der Waals surface area contributed by atoms with Crippen molar-refractivity contribution in [1.29, 1.82) is 0 Å². The maximum Gasteiger partial charge on any atom is 0.124 e. The average Bonchev–Trinajstić information content (AvgIpc) is 2.41. The van der Waals surface area contributed by atoms with Crippen LogP contribution in [0.5, 0.6) is 5.75 Å². The van der Waals surface area contributed by atoms with Gasteiger partial charge in [-0.05, 0) is 32.0 Å². The maximum absolute atomic E-state index is 5.97. The minimum atomic E-state index is -0.0234. The van der Waals surface area contributed by atoms with E-state index in [0.29, 0.717) is 6.61 Å². The van der Waals surface area contributed by atoms with E-state index < -0.39 is 0 Å². The van der Waals surface area contributed by atoms with Crippen molar-refractivity contribution in [2.45, 2.75) is 26.3 Å². The molecule has 0 radical (unpaired) electrons. The molecule has 0 aliphatic carbocycles.